The van der Waals surface area contributed by atoms with Crippen molar-refractivity contribution in [3.05, 3.63) is 212 Å². The molecule has 0 aliphatic carbocycles. The van der Waals surface area contributed by atoms with Crippen LogP contribution in [0.2, 0.25) is 0 Å². The average Bonchev–Trinajstić information content (AvgIpc) is 3.90. The van der Waals surface area contributed by atoms with E-state index < -0.39 is 0 Å². The number of benzene rings is 10. The second-order valence-corrected chi connectivity index (χ2v) is 15.2. The van der Waals surface area contributed by atoms with E-state index in [1.54, 1.807) is 0 Å². The molecular formula is C56H35NO2. The number of hydrogen-bond acceptors (Lipinski definition) is 3. The van der Waals surface area contributed by atoms with Gasteiger partial charge in [0.1, 0.15) is 22.3 Å². The van der Waals surface area contributed by atoms with Gasteiger partial charge in [-0.3, -0.25) is 0 Å². The van der Waals surface area contributed by atoms with Crippen molar-refractivity contribution in [3.63, 3.8) is 0 Å². The Kier molecular flexibility index (Phi) is 7.54. The Morgan fingerprint density at radius 2 is 0.661 bits per heavy atom. The summed E-state index contributed by atoms with van der Waals surface area (Å²) in [6.07, 6.45) is 0. The van der Waals surface area contributed by atoms with Crippen LogP contribution in [0.15, 0.2) is 221 Å². The topological polar surface area (TPSA) is 29.5 Å². The van der Waals surface area contributed by atoms with Crippen LogP contribution in [0.5, 0.6) is 0 Å². The Bertz CT molecular complexity index is 3330. The standard InChI is InChI=1S/C56H35NO2/c1-2-10-36(11-3-1)37-20-28-42(29-21-37)57(43-30-22-40(23-31-43)47-16-8-18-49-53-45-14-6-4-12-38(45)26-34-51(53)58-55(47)49)44-32-24-41(25-33-44)48-17-9-19-50-54-46-15-7-5-13-39(46)27-35-52(54)59-56(48)50/h1-35H. The zero-order valence-electron chi connectivity index (χ0n) is 32.0. The van der Waals surface area contributed by atoms with Gasteiger partial charge >= 0.3 is 0 Å². The summed E-state index contributed by atoms with van der Waals surface area (Å²) < 4.78 is 13.2. The maximum atomic E-state index is 6.60. The first kappa shape index (κ1) is 33.3. The van der Waals surface area contributed by atoms with Crippen LogP contribution < -0.4 is 4.90 Å². The molecule has 0 saturated heterocycles. The third-order valence-electron chi connectivity index (χ3n) is 11.9. The van der Waals surface area contributed by atoms with Gasteiger partial charge in [-0.05, 0) is 92.3 Å². The second kappa shape index (κ2) is 13.4. The number of anilines is 3. The van der Waals surface area contributed by atoms with Crippen LogP contribution in [0.1, 0.15) is 0 Å². The quantitative estimate of drug-likeness (QED) is 0.169. The molecule has 0 radical (unpaired) electrons. The minimum atomic E-state index is 0.904. The summed E-state index contributed by atoms with van der Waals surface area (Å²) in [6.45, 7) is 0. The monoisotopic (exact) mass is 753 g/mol. The lowest BCUT2D eigenvalue weighted by Gasteiger charge is -2.26. The summed E-state index contributed by atoms with van der Waals surface area (Å²) in [5.41, 5.74) is 13.5. The predicted molar refractivity (Wildman–Crippen MR) is 247 cm³/mol. The van der Waals surface area contributed by atoms with Crippen LogP contribution in [-0.4, -0.2) is 0 Å². The highest BCUT2D eigenvalue weighted by atomic mass is 16.3. The molecule has 0 aliphatic rings. The maximum Gasteiger partial charge on any atom is 0.143 e. The maximum absolute atomic E-state index is 6.60. The van der Waals surface area contributed by atoms with Crippen molar-refractivity contribution in [1.29, 1.82) is 0 Å². The molecule has 10 aromatic carbocycles. The van der Waals surface area contributed by atoms with E-state index in [-0.39, 0.29) is 0 Å². The highest BCUT2D eigenvalue weighted by molar-refractivity contribution is 6.22. The molecule has 0 N–H and O–H groups in total. The first-order valence-electron chi connectivity index (χ1n) is 20.1. The Labute approximate surface area is 340 Å². The van der Waals surface area contributed by atoms with Gasteiger partial charge in [0, 0.05) is 49.7 Å². The lowest BCUT2D eigenvalue weighted by molar-refractivity contribution is 0.670. The van der Waals surface area contributed by atoms with E-state index in [0.717, 1.165) is 83.2 Å². The predicted octanol–water partition coefficient (Wildman–Crippen LogP) is 16.3. The van der Waals surface area contributed by atoms with E-state index >= 15 is 0 Å². The minimum Gasteiger partial charge on any atom is -0.455 e. The van der Waals surface area contributed by atoms with Crippen LogP contribution in [-0.2, 0) is 0 Å². The molecule has 0 amide bonds. The number of hydrogen-bond donors (Lipinski definition) is 0. The molecule has 0 bridgehead atoms. The van der Waals surface area contributed by atoms with Crippen LogP contribution in [0, 0.1) is 0 Å². The van der Waals surface area contributed by atoms with Gasteiger partial charge in [0.2, 0.25) is 0 Å². The van der Waals surface area contributed by atoms with Crippen molar-refractivity contribution in [2.24, 2.45) is 0 Å². The van der Waals surface area contributed by atoms with Gasteiger partial charge in [0.15, 0.2) is 0 Å². The molecule has 0 spiro atoms. The molecule has 2 heterocycles. The molecule has 3 nitrogen and oxygen atoms in total. The number of para-hydroxylation sites is 2. The van der Waals surface area contributed by atoms with Crippen molar-refractivity contribution < 1.29 is 8.83 Å². The molecule has 12 rings (SSSR count). The van der Waals surface area contributed by atoms with Crippen molar-refractivity contribution in [2.75, 3.05) is 4.90 Å². The molecule has 3 heteroatoms. The number of furan rings is 2. The molecule has 0 saturated carbocycles. The average molecular weight is 754 g/mol. The van der Waals surface area contributed by atoms with Crippen molar-refractivity contribution in [3.8, 4) is 33.4 Å². The Balaban J connectivity index is 0.951. The van der Waals surface area contributed by atoms with Gasteiger partial charge < -0.3 is 13.7 Å². The van der Waals surface area contributed by atoms with Crippen LogP contribution in [0.3, 0.4) is 0 Å². The van der Waals surface area contributed by atoms with Crippen molar-refractivity contribution in [1.82, 2.24) is 0 Å². The number of nitrogens with zero attached hydrogens (tertiary/aromatic N) is 1. The van der Waals surface area contributed by atoms with E-state index in [2.05, 4.69) is 217 Å². The molecule has 0 aliphatic heterocycles. The van der Waals surface area contributed by atoms with E-state index in [9.17, 15) is 0 Å². The Morgan fingerprint density at radius 1 is 0.271 bits per heavy atom. The molecule has 0 unspecified atom stereocenters. The van der Waals surface area contributed by atoms with Gasteiger partial charge in [0.05, 0.1) is 0 Å². The summed E-state index contributed by atoms with van der Waals surface area (Å²) in [5.74, 6) is 0. The van der Waals surface area contributed by atoms with E-state index in [1.165, 1.54) is 32.7 Å². The zero-order chi connectivity index (χ0) is 38.9. The van der Waals surface area contributed by atoms with Crippen LogP contribution in [0.4, 0.5) is 17.1 Å². The highest BCUT2D eigenvalue weighted by Crippen LogP contribution is 2.43. The first-order valence-corrected chi connectivity index (χ1v) is 20.1. The van der Waals surface area contributed by atoms with Crippen LogP contribution in [0.25, 0.3) is 98.8 Å². The fraction of sp³-hybridized carbons (Fsp3) is 0. The summed E-state index contributed by atoms with van der Waals surface area (Å²) in [4.78, 5) is 2.32. The summed E-state index contributed by atoms with van der Waals surface area (Å²) in [6, 6.07) is 75.5. The fourth-order valence-corrected chi connectivity index (χ4v) is 9.05. The van der Waals surface area contributed by atoms with Crippen molar-refractivity contribution in [2.45, 2.75) is 0 Å². The first-order chi connectivity index (χ1) is 29.2. The zero-order valence-corrected chi connectivity index (χ0v) is 32.0. The molecule has 59 heavy (non-hydrogen) atoms. The molecule has 2 aromatic heterocycles. The normalized spacial score (nSPS) is 11.7. The minimum absolute atomic E-state index is 0.904. The second-order valence-electron chi connectivity index (χ2n) is 15.2. The largest absolute Gasteiger partial charge is 0.455 e. The summed E-state index contributed by atoms with van der Waals surface area (Å²) in [7, 11) is 0. The molecule has 276 valence electrons. The Morgan fingerprint density at radius 3 is 1.14 bits per heavy atom. The van der Waals surface area contributed by atoms with Gasteiger partial charge in [-0.2, -0.15) is 0 Å². The van der Waals surface area contributed by atoms with Gasteiger partial charge in [0.25, 0.3) is 0 Å². The van der Waals surface area contributed by atoms with Crippen LogP contribution >= 0.6 is 0 Å². The lowest BCUT2D eigenvalue weighted by atomic mass is 9.99. The molecular weight excluding hydrogens is 719 g/mol. The summed E-state index contributed by atoms with van der Waals surface area (Å²) >= 11 is 0. The fourth-order valence-electron chi connectivity index (χ4n) is 9.05. The molecule has 0 fully saturated rings. The number of fused-ring (bicyclic) bond motifs is 10. The van der Waals surface area contributed by atoms with E-state index in [4.69, 9.17) is 8.83 Å². The van der Waals surface area contributed by atoms with E-state index in [0.29, 0.717) is 0 Å². The SMILES string of the molecule is c1ccc(-c2ccc(N(c3ccc(-c4cccc5c4oc4ccc6ccccc6c45)cc3)c3ccc(-c4cccc5c4oc4ccc6ccccc6c45)cc3)cc2)cc1. The van der Waals surface area contributed by atoms with Gasteiger partial charge in [-0.25, -0.2) is 0 Å². The highest BCUT2D eigenvalue weighted by Gasteiger charge is 2.19. The third-order valence-corrected chi connectivity index (χ3v) is 11.9. The van der Waals surface area contributed by atoms with Gasteiger partial charge in [-0.15, -0.1) is 0 Å². The number of rotatable bonds is 6. The van der Waals surface area contributed by atoms with E-state index in [1.807, 2.05) is 0 Å². The smallest absolute Gasteiger partial charge is 0.143 e. The summed E-state index contributed by atoms with van der Waals surface area (Å²) in [5, 5.41) is 9.42. The van der Waals surface area contributed by atoms with Crippen molar-refractivity contribution >= 4 is 82.5 Å². The third kappa shape index (κ3) is 5.44. The molecule has 0 atom stereocenters. The molecule has 12 aromatic rings. The lowest BCUT2D eigenvalue weighted by Crippen LogP contribution is -2.09. The Hall–Kier alpha value is -7.88. The van der Waals surface area contributed by atoms with Gasteiger partial charge in [-0.1, -0.05) is 164 Å².